The fourth-order valence-corrected chi connectivity index (χ4v) is 10.6. The minimum absolute atomic E-state index is 0.161. The van der Waals surface area contributed by atoms with E-state index in [1.165, 1.54) is 0 Å². The maximum atomic E-state index is 13.0. The third-order valence-electron chi connectivity index (χ3n) is 12.0. The molecule has 2 heterocycles. The Labute approximate surface area is 356 Å². The highest BCUT2D eigenvalue weighted by Crippen LogP contribution is 2.53. The number of unbranched alkanes of at least 4 members (excludes halogenated alkanes) is 2. The molecule has 6 rings (SSSR count). The summed E-state index contributed by atoms with van der Waals surface area (Å²) in [4.78, 5) is 15.0. The van der Waals surface area contributed by atoms with Crippen LogP contribution in [0.3, 0.4) is 0 Å². The lowest BCUT2D eigenvalue weighted by Gasteiger charge is -2.46. The molecule has 0 radical (unpaired) electrons. The summed E-state index contributed by atoms with van der Waals surface area (Å²) >= 11 is 3.44. The van der Waals surface area contributed by atoms with Gasteiger partial charge in [0.25, 0.3) is 0 Å². The predicted molar refractivity (Wildman–Crippen MR) is 241 cm³/mol. The molecule has 58 heavy (non-hydrogen) atoms. The van der Waals surface area contributed by atoms with Crippen molar-refractivity contribution in [2.75, 3.05) is 46.6 Å². The number of aliphatic hydroxyl groups is 1. The lowest BCUT2D eigenvalue weighted by molar-refractivity contribution is 0.0234. The van der Waals surface area contributed by atoms with Crippen molar-refractivity contribution in [2.45, 2.75) is 98.2 Å². The highest BCUT2D eigenvalue weighted by Gasteiger charge is 2.52. The summed E-state index contributed by atoms with van der Waals surface area (Å²) < 4.78 is 27.5. The number of fused-ring (bicyclic) bond motifs is 2. The van der Waals surface area contributed by atoms with E-state index < -0.39 is 24.7 Å². The molecule has 3 unspecified atom stereocenters. The van der Waals surface area contributed by atoms with Crippen molar-refractivity contribution in [1.82, 2.24) is 0 Å². The second-order valence-corrected chi connectivity index (χ2v) is 23.7. The smallest absolute Gasteiger partial charge is 0.191 e. The van der Waals surface area contributed by atoms with Crippen LogP contribution in [0.5, 0.6) is 23.0 Å². The number of carbonyl (C=O) groups is 1. The Balaban J connectivity index is 0.000000247. The van der Waals surface area contributed by atoms with E-state index in [1.807, 2.05) is 91.9 Å². The van der Waals surface area contributed by atoms with Crippen molar-refractivity contribution in [1.29, 1.82) is 0 Å². The van der Waals surface area contributed by atoms with Gasteiger partial charge in [0.1, 0.15) is 23.0 Å². The number of ether oxygens (including phenoxy) is 4. The van der Waals surface area contributed by atoms with E-state index in [4.69, 9.17) is 23.4 Å². The second-order valence-electron chi connectivity index (χ2n) is 16.8. The van der Waals surface area contributed by atoms with Crippen molar-refractivity contribution in [3.05, 3.63) is 107 Å². The molecule has 3 atom stereocenters. The maximum absolute atomic E-state index is 13.0. The highest BCUT2D eigenvalue weighted by molar-refractivity contribution is 7.99. The molecule has 0 amide bonds. The third kappa shape index (κ3) is 9.45. The Morgan fingerprint density at radius 1 is 0.707 bits per heavy atom. The molecular weight excluding hydrogens is 781 g/mol. The lowest BCUT2D eigenvalue weighted by Crippen LogP contribution is -2.50. The number of benzene rings is 4. The summed E-state index contributed by atoms with van der Waals surface area (Å²) in [6, 6.07) is 27.3. The largest absolute Gasteiger partial charge is 0.497 e. The van der Waals surface area contributed by atoms with Gasteiger partial charge in [0.15, 0.2) is 19.7 Å². The molecule has 0 saturated carbocycles. The van der Waals surface area contributed by atoms with E-state index in [0.717, 1.165) is 86.7 Å². The Hall–Kier alpha value is -3.85. The minimum atomic E-state index is -1.72. The monoisotopic (exact) mass is 840 g/mol. The van der Waals surface area contributed by atoms with Crippen LogP contribution >= 0.6 is 23.5 Å². The van der Waals surface area contributed by atoms with Crippen LogP contribution in [-0.4, -0.2) is 65.8 Å². The second kappa shape index (κ2) is 18.6. The molecule has 310 valence electrons. The summed E-state index contributed by atoms with van der Waals surface area (Å²) in [7, 11) is 4.88. The fourth-order valence-electron chi connectivity index (χ4n) is 6.87. The van der Waals surface area contributed by atoms with Crippen LogP contribution in [0.2, 0.25) is 18.1 Å². The zero-order valence-corrected chi connectivity index (χ0v) is 38.7. The van der Waals surface area contributed by atoms with Crippen molar-refractivity contribution >= 4 is 37.6 Å². The normalized spacial score (nSPS) is 21.3. The summed E-state index contributed by atoms with van der Waals surface area (Å²) in [5.74, 6) is 11.4. The molecule has 0 fully saturated rings. The van der Waals surface area contributed by atoms with Gasteiger partial charge in [-0.25, -0.2) is 0 Å². The Morgan fingerprint density at radius 3 is 1.79 bits per heavy atom. The van der Waals surface area contributed by atoms with Crippen LogP contribution in [0.15, 0.2) is 94.7 Å². The van der Waals surface area contributed by atoms with Gasteiger partial charge < -0.3 is 28.5 Å². The van der Waals surface area contributed by atoms with Gasteiger partial charge in [-0.1, -0.05) is 69.9 Å². The molecular formula is C48H60O7S2Si. The van der Waals surface area contributed by atoms with Gasteiger partial charge in [-0.15, -0.1) is 23.5 Å². The number of carbonyl (C=O) groups excluding carboxylic acids is 1. The number of thioether (sulfide) groups is 2. The van der Waals surface area contributed by atoms with E-state index in [2.05, 4.69) is 52.6 Å². The minimum Gasteiger partial charge on any atom is -0.497 e. The number of Topliss-reactive ketones (excluding diaryl/α,β-unsaturated/α-hetero) is 1. The number of rotatable bonds is 11. The molecule has 4 aromatic rings. The topological polar surface area (TPSA) is 83.5 Å². The highest BCUT2D eigenvalue weighted by atomic mass is 32.2. The summed E-state index contributed by atoms with van der Waals surface area (Å²) in [6.07, 6.45) is 2.64. The molecule has 0 saturated heterocycles. The Morgan fingerprint density at radius 2 is 1.22 bits per heavy atom. The quantitative estimate of drug-likeness (QED) is 0.0902. The van der Waals surface area contributed by atoms with E-state index in [9.17, 15) is 9.90 Å². The average molecular weight is 841 g/mol. The standard InChI is InChI=1S/C30H42O4SSi.C18H18O3S/c1-28(2,3)36(7,8)34-20-12-10-9-11-19-30(31)26-18-17-25(33-6)21-27(26)35-22-29(30,4)23-13-15-24(32-5)16-14-23;1-18(12-4-6-13(20-2)7-5-12)11-22-16-10-14(21-3)8-9-15(16)17(18)19/h13-18,21,31H,9-10,12,20,22H2,1-8H3;4-10H,11H2,1-3H3. The van der Waals surface area contributed by atoms with Gasteiger partial charge in [-0.3, -0.25) is 4.79 Å². The van der Waals surface area contributed by atoms with Crippen molar-refractivity contribution in [2.24, 2.45) is 0 Å². The number of hydrogen-bond acceptors (Lipinski definition) is 9. The molecule has 2 aliphatic heterocycles. The Bertz CT molecular complexity index is 2100. The predicted octanol–water partition coefficient (Wildman–Crippen LogP) is 11.1. The summed E-state index contributed by atoms with van der Waals surface area (Å²) in [6.45, 7) is 16.3. The van der Waals surface area contributed by atoms with Crippen LogP contribution in [0.4, 0.5) is 0 Å². The molecule has 2 aliphatic rings. The van der Waals surface area contributed by atoms with Crippen molar-refractivity contribution in [3.63, 3.8) is 0 Å². The van der Waals surface area contributed by atoms with E-state index >= 15 is 0 Å². The molecule has 7 nitrogen and oxygen atoms in total. The van der Waals surface area contributed by atoms with Crippen LogP contribution in [0.25, 0.3) is 0 Å². The molecule has 0 aliphatic carbocycles. The van der Waals surface area contributed by atoms with Gasteiger partial charge in [0.05, 0.1) is 33.9 Å². The van der Waals surface area contributed by atoms with Crippen LogP contribution < -0.4 is 18.9 Å². The number of hydrogen-bond donors (Lipinski definition) is 1. The van der Waals surface area contributed by atoms with Crippen LogP contribution in [0.1, 0.15) is 80.9 Å². The summed E-state index contributed by atoms with van der Waals surface area (Å²) in [5.41, 5.74) is 1.24. The van der Waals surface area contributed by atoms with E-state index in [-0.39, 0.29) is 10.8 Å². The van der Waals surface area contributed by atoms with Gasteiger partial charge >= 0.3 is 0 Å². The first-order valence-corrected chi connectivity index (χ1v) is 24.7. The first kappa shape index (κ1) is 45.2. The van der Waals surface area contributed by atoms with Gasteiger partial charge in [-0.2, -0.15) is 0 Å². The van der Waals surface area contributed by atoms with Crippen LogP contribution in [0, 0.1) is 11.8 Å². The molecule has 0 spiro atoms. The third-order valence-corrected chi connectivity index (χ3v) is 19.3. The van der Waals surface area contributed by atoms with Gasteiger partial charge in [0, 0.05) is 50.9 Å². The first-order chi connectivity index (χ1) is 27.5. The van der Waals surface area contributed by atoms with Gasteiger partial charge in [0.2, 0.25) is 0 Å². The SMILES string of the molecule is COc1ccc(C2(C)CSc3cc(OC)ccc3C2(O)C#CCCCCO[Si](C)(C)C(C)(C)C)cc1.COc1ccc(C2(C)CSc3cc(OC)ccc3C2=O)cc1. The number of methoxy groups -OCH3 is 4. The fraction of sp³-hybridized carbons (Fsp3) is 0.438. The lowest BCUT2D eigenvalue weighted by atomic mass is 9.66. The molecule has 1 N–H and O–H groups in total. The first-order valence-electron chi connectivity index (χ1n) is 19.8. The number of ketones is 1. The van der Waals surface area contributed by atoms with Crippen LogP contribution in [-0.2, 0) is 20.9 Å². The molecule has 10 heteroatoms. The average Bonchev–Trinajstić information content (AvgIpc) is 3.23. The summed E-state index contributed by atoms with van der Waals surface area (Å²) in [5, 5.41) is 12.5. The van der Waals surface area contributed by atoms with E-state index in [0.29, 0.717) is 5.75 Å². The maximum Gasteiger partial charge on any atom is 0.191 e. The van der Waals surface area contributed by atoms with E-state index in [1.54, 1.807) is 52.0 Å². The Kier molecular flexibility index (Phi) is 14.5. The van der Waals surface area contributed by atoms with Crippen molar-refractivity contribution in [3.8, 4) is 34.8 Å². The zero-order valence-electron chi connectivity index (χ0n) is 36.0. The van der Waals surface area contributed by atoms with Gasteiger partial charge in [-0.05, 0) is 104 Å². The van der Waals surface area contributed by atoms with Crippen molar-refractivity contribution < 1.29 is 33.3 Å². The molecule has 4 aromatic carbocycles. The molecule has 0 bridgehead atoms. The molecule has 0 aromatic heterocycles. The zero-order chi connectivity index (χ0) is 42.4.